The Morgan fingerprint density at radius 1 is 1.35 bits per heavy atom. The lowest BCUT2D eigenvalue weighted by Gasteiger charge is -2.20. The van der Waals surface area contributed by atoms with Gasteiger partial charge in [0.1, 0.15) is 5.82 Å². The Morgan fingerprint density at radius 2 is 2.15 bits per heavy atom. The van der Waals surface area contributed by atoms with Crippen molar-refractivity contribution in [3.05, 3.63) is 40.4 Å². The molecule has 0 aliphatic carbocycles. The maximum Gasteiger partial charge on any atom is 0.258 e. The average Bonchev–Trinajstić information content (AvgIpc) is 2.45. The third kappa shape index (κ3) is 3.63. The summed E-state index contributed by atoms with van der Waals surface area (Å²) in [6, 6.07) is 7.24. The van der Waals surface area contributed by atoms with Crippen molar-refractivity contribution in [1.82, 2.24) is 14.9 Å². The molecule has 0 radical (unpaired) electrons. The summed E-state index contributed by atoms with van der Waals surface area (Å²) in [5.41, 5.74) is 0.545. The maximum absolute atomic E-state index is 12.0. The smallest absolute Gasteiger partial charge is 0.258 e. The first-order chi connectivity index (χ1) is 9.74. The van der Waals surface area contributed by atoms with E-state index in [1.807, 2.05) is 23.1 Å². The summed E-state index contributed by atoms with van der Waals surface area (Å²) in [6.45, 7) is 2.29. The minimum atomic E-state index is -0.138. The topological polar surface area (TPSA) is 78.5 Å². The molecule has 0 fully saturated rings. The van der Waals surface area contributed by atoms with Crippen molar-refractivity contribution in [1.29, 1.82) is 0 Å². The molecule has 1 aromatic heterocycles. The highest BCUT2D eigenvalue weighted by Crippen LogP contribution is 2.07. The lowest BCUT2D eigenvalue weighted by Crippen LogP contribution is -2.31. The molecule has 0 atom stereocenters. The zero-order valence-electron chi connectivity index (χ0n) is 11.5. The van der Waals surface area contributed by atoms with Crippen LogP contribution in [-0.4, -0.2) is 53.4 Å². The second-order valence-electron chi connectivity index (χ2n) is 4.52. The van der Waals surface area contributed by atoms with Gasteiger partial charge >= 0.3 is 0 Å². The fraction of sp³-hybridized carbons (Fsp3) is 0.429. The van der Waals surface area contributed by atoms with Crippen molar-refractivity contribution < 1.29 is 9.84 Å². The van der Waals surface area contributed by atoms with Crippen LogP contribution in [0, 0.1) is 0 Å². The number of nitrogens with one attached hydrogen (secondary N) is 1. The molecular weight excluding hydrogens is 258 g/mol. The Kier molecular flexibility index (Phi) is 5.23. The fourth-order valence-corrected chi connectivity index (χ4v) is 2.05. The standard InChI is InChI=1S/C14H19N3O3/c1-20-9-7-17(6-8-18)10-13-15-12-5-3-2-4-11(12)14(19)16-13/h2-5,18H,6-10H2,1H3,(H,15,16,19). The summed E-state index contributed by atoms with van der Waals surface area (Å²) in [4.78, 5) is 21.2. The second-order valence-corrected chi connectivity index (χ2v) is 4.52. The van der Waals surface area contributed by atoms with Crippen molar-refractivity contribution in [2.24, 2.45) is 0 Å². The van der Waals surface area contributed by atoms with Gasteiger partial charge in [0.15, 0.2) is 0 Å². The van der Waals surface area contributed by atoms with E-state index in [9.17, 15) is 4.79 Å². The molecule has 20 heavy (non-hydrogen) atoms. The van der Waals surface area contributed by atoms with Gasteiger partial charge in [-0.1, -0.05) is 12.1 Å². The van der Waals surface area contributed by atoms with Gasteiger partial charge in [-0.15, -0.1) is 0 Å². The Bertz CT molecular complexity index is 612. The van der Waals surface area contributed by atoms with Gasteiger partial charge in [-0.2, -0.15) is 0 Å². The van der Waals surface area contributed by atoms with E-state index in [4.69, 9.17) is 9.84 Å². The first-order valence-corrected chi connectivity index (χ1v) is 6.54. The number of methoxy groups -OCH3 is 1. The van der Waals surface area contributed by atoms with E-state index in [1.54, 1.807) is 13.2 Å². The summed E-state index contributed by atoms with van der Waals surface area (Å²) in [5.74, 6) is 0.596. The molecule has 0 spiro atoms. The molecule has 0 aliphatic rings. The first-order valence-electron chi connectivity index (χ1n) is 6.54. The number of H-pyrrole nitrogens is 1. The predicted molar refractivity (Wildman–Crippen MR) is 76.6 cm³/mol. The summed E-state index contributed by atoms with van der Waals surface area (Å²) in [5, 5.41) is 9.65. The zero-order valence-corrected chi connectivity index (χ0v) is 11.5. The van der Waals surface area contributed by atoms with Gasteiger partial charge in [0.25, 0.3) is 5.56 Å². The molecule has 1 heterocycles. The maximum atomic E-state index is 12.0. The molecule has 0 saturated carbocycles. The third-order valence-electron chi connectivity index (χ3n) is 3.06. The van der Waals surface area contributed by atoms with Crippen LogP contribution in [0.5, 0.6) is 0 Å². The molecular formula is C14H19N3O3. The van der Waals surface area contributed by atoms with Crippen LogP contribution in [0.25, 0.3) is 10.9 Å². The van der Waals surface area contributed by atoms with Gasteiger partial charge in [0, 0.05) is 20.2 Å². The largest absolute Gasteiger partial charge is 0.395 e. The Balaban J connectivity index is 2.21. The van der Waals surface area contributed by atoms with E-state index in [-0.39, 0.29) is 12.2 Å². The Hall–Kier alpha value is -1.76. The number of rotatable bonds is 7. The molecule has 108 valence electrons. The number of aromatic amines is 1. The van der Waals surface area contributed by atoms with Crippen LogP contribution in [0.3, 0.4) is 0 Å². The molecule has 2 aromatic rings. The Morgan fingerprint density at radius 3 is 2.90 bits per heavy atom. The second kappa shape index (κ2) is 7.14. The predicted octanol–water partition coefficient (Wildman–Crippen LogP) is 0.364. The van der Waals surface area contributed by atoms with Gasteiger partial charge in [-0.25, -0.2) is 4.98 Å². The molecule has 0 bridgehead atoms. The van der Waals surface area contributed by atoms with Gasteiger partial charge in [-0.05, 0) is 12.1 Å². The lowest BCUT2D eigenvalue weighted by molar-refractivity contribution is 0.125. The first kappa shape index (κ1) is 14.6. The zero-order chi connectivity index (χ0) is 14.4. The van der Waals surface area contributed by atoms with E-state index in [2.05, 4.69) is 9.97 Å². The number of ether oxygens (including phenoxy) is 1. The van der Waals surface area contributed by atoms with Crippen molar-refractivity contribution >= 4 is 10.9 Å². The van der Waals surface area contributed by atoms with Crippen LogP contribution in [0.1, 0.15) is 5.82 Å². The number of nitrogens with zero attached hydrogens (tertiary/aromatic N) is 2. The highest BCUT2D eigenvalue weighted by molar-refractivity contribution is 5.77. The summed E-state index contributed by atoms with van der Waals surface area (Å²) >= 11 is 0. The number of hydrogen-bond donors (Lipinski definition) is 2. The minimum absolute atomic E-state index is 0.0571. The number of benzene rings is 1. The van der Waals surface area contributed by atoms with Crippen LogP contribution in [0.4, 0.5) is 0 Å². The molecule has 0 amide bonds. The highest BCUT2D eigenvalue weighted by atomic mass is 16.5. The van der Waals surface area contributed by atoms with Crippen LogP contribution >= 0.6 is 0 Å². The van der Waals surface area contributed by atoms with Crippen LogP contribution in [0.15, 0.2) is 29.1 Å². The van der Waals surface area contributed by atoms with Gasteiger partial charge in [-0.3, -0.25) is 9.69 Å². The van der Waals surface area contributed by atoms with Crippen LogP contribution in [0.2, 0.25) is 0 Å². The van der Waals surface area contributed by atoms with E-state index in [1.165, 1.54) is 0 Å². The van der Waals surface area contributed by atoms with Crippen molar-refractivity contribution in [2.45, 2.75) is 6.54 Å². The molecule has 6 nitrogen and oxygen atoms in total. The highest BCUT2D eigenvalue weighted by Gasteiger charge is 2.09. The summed E-state index contributed by atoms with van der Waals surface area (Å²) in [6.07, 6.45) is 0. The average molecular weight is 277 g/mol. The van der Waals surface area contributed by atoms with Gasteiger partial charge < -0.3 is 14.8 Å². The molecule has 6 heteroatoms. The minimum Gasteiger partial charge on any atom is -0.395 e. The quantitative estimate of drug-likeness (QED) is 0.764. The molecule has 2 rings (SSSR count). The number of aliphatic hydroxyl groups excluding tert-OH is 1. The fourth-order valence-electron chi connectivity index (χ4n) is 2.05. The number of aromatic nitrogens is 2. The van der Waals surface area contributed by atoms with Gasteiger partial charge in [0.05, 0.1) is 30.7 Å². The van der Waals surface area contributed by atoms with E-state index < -0.39 is 0 Å². The SMILES string of the molecule is COCCN(CCO)Cc1nc2ccccc2c(=O)[nH]1. The van der Waals surface area contributed by atoms with E-state index in [0.29, 0.717) is 43.0 Å². The Labute approximate surface area is 117 Å². The molecule has 1 aromatic carbocycles. The van der Waals surface area contributed by atoms with Crippen molar-refractivity contribution in [3.63, 3.8) is 0 Å². The lowest BCUT2D eigenvalue weighted by atomic mass is 10.2. The number of para-hydroxylation sites is 1. The van der Waals surface area contributed by atoms with Crippen LogP contribution < -0.4 is 5.56 Å². The van der Waals surface area contributed by atoms with Gasteiger partial charge in [0.2, 0.25) is 0 Å². The van der Waals surface area contributed by atoms with Crippen molar-refractivity contribution in [3.8, 4) is 0 Å². The molecule has 2 N–H and O–H groups in total. The summed E-state index contributed by atoms with van der Waals surface area (Å²) in [7, 11) is 1.63. The number of aliphatic hydroxyl groups is 1. The van der Waals surface area contributed by atoms with Crippen molar-refractivity contribution in [2.75, 3.05) is 33.4 Å². The normalized spacial score (nSPS) is 11.3. The molecule has 0 aliphatic heterocycles. The molecule has 0 saturated heterocycles. The van der Waals surface area contributed by atoms with E-state index >= 15 is 0 Å². The van der Waals surface area contributed by atoms with E-state index in [0.717, 1.165) is 0 Å². The summed E-state index contributed by atoms with van der Waals surface area (Å²) < 4.78 is 5.03. The molecule has 0 unspecified atom stereocenters. The number of fused-ring (bicyclic) bond motifs is 1. The van der Waals surface area contributed by atoms with Crippen LogP contribution in [-0.2, 0) is 11.3 Å². The third-order valence-corrected chi connectivity index (χ3v) is 3.06. The monoisotopic (exact) mass is 277 g/mol. The number of hydrogen-bond acceptors (Lipinski definition) is 5.